The number of carboxylic acids is 1. The van der Waals surface area contributed by atoms with Gasteiger partial charge in [-0.05, 0) is 51.0 Å². The van der Waals surface area contributed by atoms with Gasteiger partial charge < -0.3 is 15.2 Å². The van der Waals surface area contributed by atoms with E-state index in [9.17, 15) is 9.59 Å². The summed E-state index contributed by atoms with van der Waals surface area (Å²) in [4.78, 5) is 23.3. The number of anilines is 1. The van der Waals surface area contributed by atoms with Gasteiger partial charge in [-0.1, -0.05) is 6.42 Å². The molecule has 21 heavy (non-hydrogen) atoms. The minimum absolute atomic E-state index is 0.0975. The number of aliphatic carboxylic acids is 1. The largest absolute Gasteiger partial charge is 0.491 e. The number of nitrogens with one attached hydrogen (secondary N) is 1. The van der Waals surface area contributed by atoms with Crippen molar-refractivity contribution in [1.82, 2.24) is 0 Å². The summed E-state index contributed by atoms with van der Waals surface area (Å²) in [5.74, 6) is -1.35. The average Bonchev–Trinajstić information content (AvgIpc) is 2.90. The second kappa shape index (κ2) is 6.61. The van der Waals surface area contributed by atoms with E-state index in [2.05, 4.69) is 5.32 Å². The van der Waals surface area contributed by atoms with Gasteiger partial charge in [-0.3, -0.25) is 9.59 Å². The lowest BCUT2D eigenvalue weighted by molar-refractivity contribution is -0.145. The first-order valence-corrected chi connectivity index (χ1v) is 7.27. The summed E-state index contributed by atoms with van der Waals surface area (Å²) in [7, 11) is 0. The highest BCUT2D eigenvalue weighted by Gasteiger charge is 2.37. The van der Waals surface area contributed by atoms with Crippen LogP contribution in [0.4, 0.5) is 5.69 Å². The van der Waals surface area contributed by atoms with Gasteiger partial charge in [0.05, 0.1) is 17.9 Å². The molecule has 2 unspecified atom stereocenters. The Morgan fingerprint density at radius 3 is 2.38 bits per heavy atom. The van der Waals surface area contributed by atoms with Crippen LogP contribution in [0, 0.1) is 11.8 Å². The Morgan fingerprint density at radius 1 is 1.19 bits per heavy atom. The summed E-state index contributed by atoms with van der Waals surface area (Å²) in [6.07, 6.45) is 2.10. The normalized spacial score (nSPS) is 21.3. The molecule has 5 nitrogen and oxygen atoms in total. The van der Waals surface area contributed by atoms with Crippen molar-refractivity contribution in [3.05, 3.63) is 24.3 Å². The zero-order chi connectivity index (χ0) is 15.4. The number of amides is 1. The highest BCUT2D eigenvalue weighted by Crippen LogP contribution is 2.33. The van der Waals surface area contributed by atoms with E-state index in [4.69, 9.17) is 9.84 Å². The Kier molecular flexibility index (Phi) is 4.83. The SMILES string of the molecule is CC(C)Oc1ccc(NC(=O)C2CCCC2C(=O)O)cc1. The summed E-state index contributed by atoms with van der Waals surface area (Å²) in [5, 5.41) is 11.9. The second-order valence-electron chi connectivity index (χ2n) is 5.66. The summed E-state index contributed by atoms with van der Waals surface area (Å²) in [5.41, 5.74) is 0.659. The second-order valence-corrected chi connectivity index (χ2v) is 5.66. The molecule has 2 atom stereocenters. The zero-order valence-electron chi connectivity index (χ0n) is 12.3. The third-order valence-electron chi connectivity index (χ3n) is 3.66. The van der Waals surface area contributed by atoms with Crippen LogP contribution in [0.25, 0.3) is 0 Å². The van der Waals surface area contributed by atoms with E-state index >= 15 is 0 Å². The Balaban J connectivity index is 1.97. The van der Waals surface area contributed by atoms with Crippen LogP contribution in [0.1, 0.15) is 33.1 Å². The molecule has 1 aromatic rings. The van der Waals surface area contributed by atoms with Crippen LogP contribution >= 0.6 is 0 Å². The van der Waals surface area contributed by atoms with Crippen LogP contribution in [0.2, 0.25) is 0 Å². The lowest BCUT2D eigenvalue weighted by atomic mass is 9.95. The van der Waals surface area contributed by atoms with Crippen molar-refractivity contribution in [1.29, 1.82) is 0 Å². The van der Waals surface area contributed by atoms with E-state index in [1.165, 1.54) is 0 Å². The highest BCUT2D eigenvalue weighted by atomic mass is 16.5. The van der Waals surface area contributed by atoms with Crippen LogP contribution in [0.5, 0.6) is 5.75 Å². The maximum absolute atomic E-state index is 12.2. The quantitative estimate of drug-likeness (QED) is 0.874. The van der Waals surface area contributed by atoms with Gasteiger partial charge >= 0.3 is 5.97 Å². The van der Waals surface area contributed by atoms with E-state index in [1.807, 2.05) is 13.8 Å². The predicted octanol–water partition coefficient (Wildman–Crippen LogP) is 2.91. The monoisotopic (exact) mass is 291 g/mol. The molecule has 1 saturated carbocycles. The summed E-state index contributed by atoms with van der Waals surface area (Å²) >= 11 is 0. The van der Waals surface area contributed by atoms with Crippen molar-refractivity contribution in [3.8, 4) is 5.75 Å². The molecule has 1 amide bonds. The van der Waals surface area contributed by atoms with Gasteiger partial charge in [0.15, 0.2) is 0 Å². The summed E-state index contributed by atoms with van der Waals surface area (Å²) in [6, 6.07) is 7.11. The minimum Gasteiger partial charge on any atom is -0.491 e. The van der Waals surface area contributed by atoms with Gasteiger partial charge in [0.1, 0.15) is 5.75 Å². The van der Waals surface area contributed by atoms with Crippen LogP contribution in [-0.4, -0.2) is 23.1 Å². The van der Waals surface area contributed by atoms with Gasteiger partial charge in [-0.2, -0.15) is 0 Å². The van der Waals surface area contributed by atoms with E-state index in [0.717, 1.165) is 12.2 Å². The molecular formula is C16H21NO4. The third-order valence-corrected chi connectivity index (χ3v) is 3.66. The van der Waals surface area contributed by atoms with Crippen LogP contribution in [0.3, 0.4) is 0 Å². The van der Waals surface area contributed by atoms with Crippen LogP contribution < -0.4 is 10.1 Å². The van der Waals surface area contributed by atoms with E-state index in [1.54, 1.807) is 24.3 Å². The maximum atomic E-state index is 12.2. The molecule has 0 radical (unpaired) electrons. The van der Waals surface area contributed by atoms with Crippen molar-refractivity contribution in [2.24, 2.45) is 11.8 Å². The number of benzene rings is 1. The third kappa shape index (κ3) is 3.97. The zero-order valence-corrected chi connectivity index (χ0v) is 12.3. The fourth-order valence-electron chi connectivity index (χ4n) is 2.69. The van der Waals surface area contributed by atoms with Crippen molar-refractivity contribution in [2.75, 3.05) is 5.32 Å². The Hall–Kier alpha value is -2.04. The van der Waals surface area contributed by atoms with Crippen molar-refractivity contribution in [2.45, 2.75) is 39.2 Å². The Morgan fingerprint density at radius 2 is 1.81 bits per heavy atom. The number of ether oxygens (including phenoxy) is 1. The lowest BCUT2D eigenvalue weighted by Crippen LogP contribution is -2.29. The van der Waals surface area contributed by atoms with Gasteiger partial charge in [0.25, 0.3) is 0 Å². The van der Waals surface area contributed by atoms with Crippen molar-refractivity contribution < 1.29 is 19.4 Å². The number of hydrogen-bond donors (Lipinski definition) is 2. The molecule has 1 aliphatic rings. The topological polar surface area (TPSA) is 75.6 Å². The van der Waals surface area contributed by atoms with Gasteiger partial charge in [0.2, 0.25) is 5.91 Å². The molecular weight excluding hydrogens is 270 g/mol. The van der Waals surface area contributed by atoms with E-state index in [0.29, 0.717) is 18.5 Å². The maximum Gasteiger partial charge on any atom is 0.307 e. The fraction of sp³-hybridized carbons (Fsp3) is 0.500. The minimum atomic E-state index is -0.881. The molecule has 1 fully saturated rings. The van der Waals surface area contributed by atoms with Crippen LogP contribution in [-0.2, 0) is 9.59 Å². The first-order chi connectivity index (χ1) is 9.97. The number of carboxylic acid groups (broad SMARTS) is 1. The Bertz CT molecular complexity index is 510. The van der Waals surface area contributed by atoms with Crippen LogP contribution in [0.15, 0.2) is 24.3 Å². The molecule has 0 spiro atoms. The highest BCUT2D eigenvalue weighted by molar-refractivity contribution is 5.95. The van der Waals surface area contributed by atoms with Gasteiger partial charge in [-0.25, -0.2) is 0 Å². The predicted molar refractivity (Wildman–Crippen MR) is 79.3 cm³/mol. The molecule has 0 saturated heterocycles. The van der Waals surface area contributed by atoms with Gasteiger partial charge in [-0.15, -0.1) is 0 Å². The molecule has 0 aliphatic heterocycles. The molecule has 114 valence electrons. The number of carbonyl (C=O) groups is 2. The average molecular weight is 291 g/mol. The fourth-order valence-corrected chi connectivity index (χ4v) is 2.69. The lowest BCUT2D eigenvalue weighted by Gasteiger charge is -2.16. The molecule has 5 heteroatoms. The molecule has 0 bridgehead atoms. The standard InChI is InChI=1S/C16H21NO4/c1-10(2)21-12-8-6-11(7-9-12)17-15(18)13-4-3-5-14(13)16(19)20/h6-10,13-14H,3-5H2,1-2H3,(H,17,18)(H,19,20). The first-order valence-electron chi connectivity index (χ1n) is 7.27. The molecule has 1 aliphatic carbocycles. The Labute approximate surface area is 124 Å². The molecule has 1 aromatic carbocycles. The van der Waals surface area contributed by atoms with Gasteiger partial charge in [0, 0.05) is 5.69 Å². The molecule has 0 aromatic heterocycles. The number of hydrogen-bond acceptors (Lipinski definition) is 3. The number of carbonyl (C=O) groups excluding carboxylic acids is 1. The van der Waals surface area contributed by atoms with E-state index in [-0.39, 0.29) is 12.0 Å². The molecule has 2 N–H and O–H groups in total. The van der Waals surface area contributed by atoms with E-state index < -0.39 is 17.8 Å². The summed E-state index contributed by atoms with van der Waals surface area (Å²) < 4.78 is 5.53. The number of rotatable bonds is 5. The van der Waals surface area contributed by atoms with Crippen molar-refractivity contribution in [3.63, 3.8) is 0 Å². The summed E-state index contributed by atoms with van der Waals surface area (Å²) in [6.45, 7) is 3.89. The molecule has 0 heterocycles. The van der Waals surface area contributed by atoms with Crippen molar-refractivity contribution >= 4 is 17.6 Å². The molecule has 2 rings (SSSR count). The smallest absolute Gasteiger partial charge is 0.307 e. The first kappa shape index (κ1) is 15.4.